The molecule has 0 aliphatic carbocycles. The number of thioether (sulfide) groups is 1. The largest absolute Gasteiger partial charge is 0.335 e. The first kappa shape index (κ1) is 11.0. The van der Waals surface area contributed by atoms with Gasteiger partial charge in [0.05, 0.1) is 5.75 Å². The molecule has 0 spiro atoms. The summed E-state index contributed by atoms with van der Waals surface area (Å²) in [6.45, 7) is 2.06. The summed E-state index contributed by atoms with van der Waals surface area (Å²) in [7, 11) is 0. The highest BCUT2D eigenvalue weighted by Crippen LogP contribution is 2.22. The molecule has 0 saturated heterocycles. The third kappa shape index (κ3) is 2.74. The van der Waals surface area contributed by atoms with Gasteiger partial charge in [-0.1, -0.05) is 22.9 Å². The summed E-state index contributed by atoms with van der Waals surface area (Å²) in [6, 6.07) is 8.53. The van der Waals surface area contributed by atoms with Crippen LogP contribution in [0, 0.1) is 6.92 Å². The molecule has 0 aliphatic rings. The molecule has 0 radical (unpaired) electrons. The lowest BCUT2D eigenvalue weighted by molar-refractivity contribution is 0.425. The predicted octanol–water partition coefficient (Wildman–Crippen LogP) is 1.96. The molecule has 0 bridgehead atoms. The average molecular weight is 236 g/mol. The van der Waals surface area contributed by atoms with Crippen molar-refractivity contribution in [3.63, 3.8) is 0 Å². The average Bonchev–Trinajstić information content (AvgIpc) is 2.76. The molecule has 1 aromatic carbocycles. The maximum atomic E-state index is 5.13. The van der Waals surface area contributed by atoms with Gasteiger partial charge in [-0.05, 0) is 19.1 Å². The second-order valence-corrected chi connectivity index (χ2v) is 4.31. The lowest BCUT2D eigenvalue weighted by Gasteiger charge is -1.98. The fourth-order valence-electron chi connectivity index (χ4n) is 1.15. The molecule has 3 N–H and O–H groups in total. The molecule has 6 heteroatoms. The first-order valence-corrected chi connectivity index (χ1v) is 5.75. The van der Waals surface area contributed by atoms with Crippen molar-refractivity contribution in [3.8, 4) is 0 Å². The van der Waals surface area contributed by atoms with Crippen molar-refractivity contribution in [2.75, 3.05) is 5.43 Å². The lowest BCUT2D eigenvalue weighted by Crippen LogP contribution is -2.06. The standard InChI is InChI=1S/C10H12N4OS/c1-7-2-4-8(5-3-7)16-6-9-12-10(13-11)15-14-9/h2-5H,6,11H2,1H3,(H,12,13,14). The molecule has 0 atom stereocenters. The fraction of sp³-hybridized carbons (Fsp3) is 0.200. The van der Waals surface area contributed by atoms with Crippen LogP contribution in [0.5, 0.6) is 0 Å². The molecule has 0 unspecified atom stereocenters. The van der Waals surface area contributed by atoms with Crippen LogP contribution < -0.4 is 11.3 Å². The minimum atomic E-state index is 0.236. The molecule has 16 heavy (non-hydrogen) atoms. The second-order valence-electron chi connectivity index (χ2n) is 3.26. The molecule has 2 rings (SSSR count). The number of aromatic nitrogens is 2. The monoisotopic (exact) mass is 236 g/mol. The number of nitrogen functional groups attached to an aromatic ring is 1. The van der Waals surface area contributed by atoms with Gasteiger partial charge in [0.2, 0.25) is 0 Å². The topological polar surface area (TPSA) is 77.0 Å². The maximum absolute atomic E-state index is 5.13. The van der Waals surface area contributed by atoms with Gasteiger partial charge in [-0.2, -0.15) is 4.98 Å². The van der Waals surface area contributed by atoms with Gasteiger partial charge in [0.15, 0.2) is 5.82 Å². The Morgan fingerprint density at radius 2 is 2.12 bits per heavy atom. The molecule has 0 saturated carbocycles. The van der Waals surface area contributed by atoms with E-state index >= 15 is 0 Å². The number of benzene rings is 1. The van der Waals surface area contributed by atoms with E-state index in [1.807, 2.05) is 0 Å². The molecule has 5 nitrogen and oxygen atoms in total. The van der Waals surface area contributed by atoms with Crippen LogP contribution in [0.25, 0.3) is 0 Å². The maximum Gasteiger partial charge on any atom is 0.335 e. The van der Waals surface area contributed by atoms with E-state index in [0.29, 0.717) is 11.6 Å². The Labute approximate surface area is 97.4 Å². The Morgan fingerprint density at radius 3 is 2.75 bits per heavy atom. The van der Waals surface area contributed by atoms with Crippen molar-refractivity contribution in [1.29, 1.82) is 0 Å². The van der Waals surface area contributed by atoms with Crippen LogP contribution in [0.15, 0.2) is 33.7 Å². The number of hydrazine groups is 1. The number of anilines is 1. The zero-order chi connectivity index (χ0) is 11.4. The van der Waals surface area contributed by atoms with E-state index in [0.717, 1.165) is 0 Å². The van der Waals surface area contributed by atoms with Crippen LogP contribution in [0.2, 0.25) is 0 Å². The van der Waals surface area contributed by atoms with Crippen molar-refractivity contribution in [2.45, 2.75) is 17.6 Å². The van der Waals surface area contributed by atoms with Crippen LogP contribution in [0.3, 0.4) is 0 Å². The van der Waals surface area contributed by atoms with Crippen LogP contribution in [-0.2, 0) is 5.75 Å². The highest BCUT2D eigenvalue weighted by molar-refractivity contribution is 7.98. The number of rotatable bonds is 4. The molecular weight excluding hydrogens is 224 g/mol. The summed E-state index contributed by atoms with van der Waals surface area (Å²) < 4.78 is 4.81. The summed E-state index contributed by atoms with van der Waals surface area (Å²) >= 11 is 1.65. The molecule has 0 aliphatic heterocycles. The Hall–Kier alpha value is -1.53. The minimum Gasteiger partial charge on any atom is -0.314 e. The van der Waals surface area contributed by atoms with Gasteiger partial charge in [0.25, 0.3) is 0 Å². The van der Waals surface area contributed by atoms with Gasteiger partial charge >= 0.3 is 6.01 Å². The molecule has 2 aromatic rings. The third-order valence-electron chi connectivity index (χ3n) is 1.98. The van der Waals surface area contributed by atoms with Gasteiger partial charge < -0.3 is 4.52 Å². The molecule has 1 heterocycles. The highest BCUT2D eigenvalue weighted by Gasteiger charge is 2.04. The quantitative estimate of drug-likeness (QED) is 0.480. The number of nitrogens with one attached hydrogen (secondary N) is 1. The van der Waals surface area contributed by atoms with E-state index < -0.39 is 0 Å². The molecule has 1 aromatic heterocycles. The predicted molar refractivity (Wildman–Crippen MR) is 62.8 cm³/mol. The van der Waals surface area contributed by atoms with Crippen LogP contribution in [0.1, 0.15) is 11.4 Å². The van der Waals surface area contributed by atoms with Gasteiger partial charge in [-0.3, -0.25) is 5.43 Å². The third-order valence-corrected chi connectivity index (χ3v) is 2.99. The summed E-state index contributed by atoms with van der Waals surface area (Å²) in [5.74, 6) is 6.42. The van der Waals surface area contributed by atoms with E-state index in [1.165, 1.54) is 10.5 Å². The van der Waals surface area contributed by atoms with Crippen molar-refractivity contribution in [1.82, 2.24) is 10.1 Å². The number of aryl methyl sites for hydroxylation is 1. The van der Waals surface area contributed by atoms with Crippen LogP contribution in [-0.4, -0.2) is 10.1 Å². The number of hydrogen-bond donors (Lipinski definition) is 2. The zero-order valence-corrected chi connectivity index (χ0v) is 9.62. The van der Waals surface area contributed by atoms with E-state index in [4.69, 9.17) is 10.4 Å². The number of hydrogen-bond acceptors (Lipinski definition) is 6. The van der Waals surface area contributed by atoms with Gasteiger partial charge in [0.1, 0.15) is 0 Å². The Kier molecular flexibility index (Phi) is 3.43. The Morgan fingerprint density at radius 1 is 1.38 bits per heavy atom. The fourth-order valence-corrected chi connectivity index (χ4v) is 1.90. The number of nitrogens with zero attached hydrogens (tertiary/aromatic N) is 2. The molecular formula is C10H12N4OS. The highest BCUT2D eigenvalue weighted by atomic mass is 32.2. The first-order valence-electron chi connectivity index (χ1n) is 4.76. The van der Waals surface area contributed by atoms with Crippen LogP contribution in [0.4, 0.5) is 6.01 Å². The smallest absolute Gasteiger partial charge is 0.314 e. The Bertz CT molecular complexity index is 454. The van der Waals surface area contributed by atoms with Crippen LogP contribution >= 0.6 is 11.8 Å². The van der Waals surface area contributed by atoms with E-state index in [1.54, 1.807) is 11.8 Å². The molecule has 0 amide bonds. The molecule has 84 valence electrons. The van der Waals surface area contributed by atoms with Gasteiger partial charge in [-0.25, -0.2) is 5.84 Å². The Balaban J connectivity index is 1.94. The van der Waals surface area contributed by atoms with Crippen molar-refractivity contribution >= 4 is 17.8 Å². The lowest BCUT2D eigenvalue weighted by atomic mass is 10.2. The van der Waals surface area contributed by atoms with Crippen molar-refractivity contribution in [3.05, 3.63) is 35.7 Å². The van der Waals surface area contributed by atoms with Crippen molar-refractivity contribution in [2.24, 2.45) is 5.84 Å². The van der Waals surface area contributed by atoms with E-state index in [9.17, 15) is 0 Å². The first-order chi connectivity index (χ1) is 7.78. The van der Waals surface area contributed by atoms with Crippen molar-refractivity contribution < 1.29 is 4.52 Å². The minimum absolute atomic E-state index is 0.236. The van der Waals surface area contributed by atoms with E-state index in [2.05, 4.69) is 46.8 Å². The second kappa shape index (κ2) is 5.00. The summed E-state index contributed by atoms with van der Waals surface area (Å²) in [6.07, 6.45) is 0. The molecule has 0 fully saturated rings. The summed E-state index contributed by atoms with van der Waals surface area (Å²) in [4.78, 5) is 5.21. The zero-order valence-electron chi connectivity index (χ0n) is 8.80. The van der Waals surface area contributed by atoms with Gasteiger partial charge in [0, 0.05) is 4.90 Å². The summed E-state index contributed by atoms with van der Waals surface area (Å²) in [5, 5.41) is 3.77. The SMILES string of the molecule is Cc1ccc(SCc2noc(NN)n2)cc1. The number of nitrogens with two attached hydrogens (primary N) is 1. The normalized spacial score (nSPS) is 10.4. The van der Waals surface area contributed by atoms with Gasteiger partial charge in [-0.15, -0.1) is 11.8 Å². The summed E-state index contributed by atoms with van der Waals surface area (Å²) in [5.41, 5.74) is 3.55. The van der Waals surface area contributed by atoms with E-state index in [-0.39, 0.29) is 6.01 Å².